The molecule has 1 heteroatoms. The lowest BCUT2D eigenvalue weighted by Gasteiger charge is -2.41. The van der Waals surface area contributed by atoms with Gasteiger partial charge >= 0.3 is 0 Å². The van der Waals surface area contributed by atoms with Gasteiger partial charge in [0.25, 0.3) is 0 Å². The summed E-state index contributed by atoms with van der Waals surface area (Å²) in [5.74, 6) is 1.09. The number of Topliss-reactive ketones (excluding diaryl/α,β-unsaturated/α-hetero) is 1. The van der Waals surface area contributed by atoms with Crippen LogP contribution in [-0.2, 0) is 0 Å². The third-order valence-corrected chi connectivity index (χ3v) is 5.18. The Morgan fingerprint density at radius 2 is 1.60 bits per heavy atom. The van der Waals surface area contributed by atoms with Crippen LogP contribution in [0.4, 0.5) is 0 Å². The highest BCUT2D eigenvalue weighted by molar-refractivity contribution is 6.00. The molecule has 110 valence electrons. The molecule has 1 nitrogen and oxygen atoms in total. The molecule has 0 aromatic heterocycles. The number of aryl methyl sites for hydroxylation is 1. The fourth-order valence-corrected chi connectivity index (χ4v) is 3.40. The van der Waals surface area contributed by atoms with Gasteiger partial charge in [-0.05, 0) is 43.9 Å². The topological polar surface area (TPSA) is 17.1 Å². The number of carbonyl (C=O) groups excluding carboxylic acids is 1. The third kappa shape index (κ3) is 3.13. The first-order chi connectivity index (χ1) is 9.22. The first-order valence-corrected chi connectivity index (χ1v) is 7.84. The Hall–Kier alpha value is -1.11. The van der Waals surface area contributed by atoms with Gasteiger partial charge in [0.2, 0.25) is 0 Å². The summed E-state index contributed by atoms with van der Waals surface area (Å²) in [6.45, 7) is 11.2. The Morgan fingerprint density at radius 1 is 1.10 bits per heavy atom. The molecule has 0 N–H and O–H groups in total. The van der Waals surface area contributed by atoms with Crippen LogP contribution in [0.1, 0.15) is 69.3 Å². The van der Waals surface area contributed by atoms with Gasteiger partial charge in [-0.15, -0.1) is 0 Å². The van der Waals surface area contributed by atoms with Crippen molar-refractivity contribution in [3.05, 3.63) is 35.4 Å². The largest absolute Gasteiger partial charge is 0.294 e. The van der Waals surface area contributed by atoms with E-state index in [1.165, 1.54) is 18.4 Å². The molecule has 0 saturated heterocycles. The van der Waals surface area contributed by atoms with Crippen molar-refractivity contribution in [2.24, 2.45) is 16.7 Å². The van der Waals surface area contributed by atoms with Crippen molar-refractivity contribution in [3.63, 3.8) is 0 Å². The van der Waals surface area contributed by atoms with E-state index in [0.29, 0.717) is 11.2 Å². The molecule has 0 amide bonds. The Balaban J connectivity index is 2.09. The summed E-state index contributed by atoms with van der Waals surface area (Å²) in [5.41, 5.74) is 2.31. The minimum absolute atomic E-state index is 0.156. The van der Waals surface area contributed by atoms with Crippen LogP contribution >= 0.6 is 0 Å². The maximum Gasteiger partial charge on any atom is 0.168 e. The molecule has 0 spiro atoms. The number of ketones is 1. The Morgan fingerprint density at radius 3 is 2.05 bits per heavy atom. The van der Waals surface area contributed by atoms with Gasteiger partial charge in [0.05, 0.1) is 0 Å². The standard InChI is InChI=1S/C19H28O/c1-14-6-8-15(9-7-14)17(20)19(5)12-10-16(11-13-19)18(2,3)4/h6-9,16H,10-13H2,1-5H3. The van der Waals surface area contributed by atoms with Crippen LogP contribution in [0.2, 0.25) is 0 Å². The zero-order valence-corrected chi connectivity index (χ0v) is 13.6. The summed E-state index contributed by atoms with van der Waals surface area (Å²) in [5, 5.41) is 0. The zero-order chi connectivity index (χ0) is 15.0. The van der Waals surface area contributed by atoms with Gasteiger partial charge in [-0.25, -0.2) is 0 Å². The highest BCUT2D eigenvalue weighted by Gasteiger charge is 2.40. The highest BCUT2D eigenvalue weighted by Crippen LogP contribution is 2.46. The normalized spacial score (nSPS) is 27.4. The van der Waals surface area contributed by atoms with Crippen LogP contribution < -0.4 is 0 Å². The molecule has 1 aromatic carbocycles. The van der Waals surface area contributed by atoms with Crippen molar-refractivity contribution in [1.29, 1.82) is 0 Å². The van der Waals surface area contributed by atoms with Crippen LogP contribution in [0.3, 0.4) is 0 Å². The van der Waals surface area contributed by atoms with Crippen molar-refractivity contribution in [2.75, 3.05) is 0 Å². The monoisotopic (exact) mass is 272 g/mol. The second kappa shape index (κ2) is 5.35. The van der Waals surface area contributed by atoms with Crippen LogP contribution in [-0.4, -0.2) is 5.78 Å². The van der Waals surface area contributed by atoms with Crippen molar-refractivity contribution < 1.29 is 4.79 Å². The van der Waals surface area contributed by atoms with Crippen molar-refractivity contribution in [2.45, 2.75) is 60.3 Å². The Kier molecular flexibility index (Phi) is 4.09. The molecule has 1 aromatic rings. The maximum atomic E-state index is 12.8. The molecule has 0 bridgehead atoms. The van der Waals surface area contributed by atoms with E-state index in [0.717, 1.165) is 24.3 Å². The fourth-order valence-electron chi connectivity index (χ4n) is 3.40. The SMILES string of the molecule is Cc1ccc(C(=O)C2(C)CCC(C(C)(C)C)CC2)cc1. The van der Waals surface area contributed by atoms with Gasteiger partial charge in [-0.2, -0.15) is 0 Å². The number of hydrogen-bond acceptors (Lipinski definition) is 1. The quantitative estimate of drug-likeness (QED) is 0.657. The number of rotatable bonds is 2. The molecule has 1 aliphatic carbocycles. The lowest BCUT2D eigenvalue weighted by Crippen LogP contribution is -2.36. The molecule has 0 atom stereocenters. The van der Waals surface area contributed by atoms with Crippen molar-refractivity contribution in [1.82, 2.24) is 0 Å². The predicted molar refractivity (Wildman–Crippen MR) is 85.0 cm³/mol. The number of carbonyl (C=O) groups is 1. The van der Waals surface area contributed by atoms with Crippen molar-refractivity contribution in [3.8, 4) is 0 Å². The van der Waals surface area contributed by atoms with E-state index in [9.17, 15) is 4.79 Å². The smallest absolute Gasteiger partial charge is 0.168 e. The average Bonchev–Trinajstić information content (AvgIpc) is 2.38. The van der Waals surface area contributed by atoms with Gasteiger partial charge in [-0.3, -0.25) is 4.79 Å². The van der Waals surface area contributed by atoms with E-state index < -0.39 is 0 Å². The molecule has 0 heterocycles. The van der Waals surface area contributed by atoms with Crippen LogP contribution in [0.15, 0.2) is 24.3 Å². The van der Waals surface area contributed by atoms with Gasteiger partial charge in [-0.1, -0.05) is 57.5 Å². The summed E-state index contributed by atoms with van der Waals surface area (Å²) < 4.78 is 0. The first-order valence-electron chi connectivity index (χ1n) is 7.84. The van der Waals surface area contributed by atoms with Gasteiger partial charge in [0.15, 0.2) is 5.78 Å². The minimum atomic E-state index is -0.156. The predicted octanol–water partition coefficient (Wildman–Crippen LogP) is 5.42. The zero-order valence-electron chi connectivity index (χ0n) is 13.6. The van der Waals surface area contributed by atoms with Crippen molar-refractivity contribution >= 4 is 5.78 Å². The first kappa shape index (κ1) is 15.3. The van der Waals surface area contributed by atoms with E-state index in [-0.39, 0.29) is 5.41 Å². The molecular weight excluding hydrogens is 244 g/mol. The second-order valence-corrected chi connectivity index (χ2v) is 7.90. The summed E-state index contributed by atoms with van der Waals surface area (Å²) in [6.07, 6.45) is 4.42. The molecule has 2 rings (SSSR count). The summed E-state index contributed by atoms with van der Waals surface area (Å²) >= 11 is 0. The molecular formula is C19H28O. The fraction of sp³-hybridized carbons (Fsp3) is 0.632. The van der Waals surface area contributed by atoms with Crippen LogP contribution in [0, 0.1) is 23.7 Å². The van der Waals surface area contributed by atoms with E-state index in [2.05, 4.69) is 34.6 Å². The molecule has 0 aliphatic heterocycles. The summed E-state index contributed by atoms with van der Waals surface area (Å²) in [4.78, 5) is 12.8. The Bertz CT molecular complexity index is 467. The molecule has 0 unspecified atom stereocenters. The lowest BCUT2D eigenvalue weighted by atomic mass is 9.63. The average molecular weight is 272 g/mol. The van der Waals surface area contributed by atoms with E-state index in [1.54, 1.807) is 0 Å². The van der Waals surface area contributed by atoms with Gasteiger partial charge < -0.3 is 0 Å². The maximum absolute atomic E-state index is 12.8. The summed E-state index contributed by atoms with van der Waals surface area (Å²) in [6, 6.07) is 8.05. The molecule has 1 fully saturated rings. The molecule has 1 saturated carbocycles. The van der Waals surface area contributed by atoms with Crippen LogP contribution in [0.25, 0.3) is 0 Å². The third-order valence-electron chi connectivity index (χ3n) is 5.18. The lowest BCUT2D eigenvalue weighted by molar-refractivity contribution is 0.0610. The van der Waals surface area contributed by atoms with E-state index in [4.69, 9.17) is 0 Å². The highest BCUT2D eigenvalue weighted by atomic mass is 16.1. The number of benzene rings is 1. The summed E-state index contributed by atoms with van der Waals surface area (Å²) in [7, 11) is 0. The Labute approximate surface area is 123 Å². The molecule has 0 radical (unpaired) electrons. The minimum Gasteiger partial charge on any atom is -0.294 e. The van der Waals surface area contributed by atoms with Gasteiger partial charge in [0, 0.05) is 11.0 Å². The van der Waals surface area contributed by atoms with E-state index >= 15 is 0 Å². The van der Waals surface area contributed by atoms with Gasteiger partial charge in [0.1, 0.15) is 0 Å². The molecule has 20 heavy (non-hydrogen) atoms. The van der Waals surface area contributed by atoms with Crippen LogP contribution in [0.5, 0.6) is 0 Å². The molecule has 1 aliphatic rings. The number of hydrogen-bond donors (Lipinski definition) is 0. The van der Waals surface area contributed by atoms with E-state index in [1.807, 2.05) is 24.3 Å². The second-order valence-electron chi connectivity index (χ2n) is 7.90.